The second kappa shape index (κ2) is 15.1. The van der Waals surface area contributed by atoms with Crippen molar-refractivity contribution in [1.29, 1.82) is 0 Å². The van der Waals surface area contributed by atoms with Crippen LogP contribution in [0.5, 0.6) is 11.9 Å². The van der Waals surface area contributed by atoms with E-state index in [0.29, 0.717) is 32.1 Å². The zero-order valence-corrected chi connectivity index (χ0v) is 25.9. The van der Waals surface area contributed by atoms with Crippen LogP contribution in [0.15, 0.2) is 12.1 Å². The number of fused-ring (bicyclic) bond motifs is 1. The Morgan fingerprint density at radius 2 is 1.82 bits per heavy atom. The first-order valence-corrected chi connectivity index (χ1v) is 15.1. The van der Waals surface area contributed by atoms with E-state index in [9.17, 15) is 17.6 Å². The number of ether oxygens (including phenoxy) is 3. The molecule has 15 heteroatoms. The predicted molar refractivity (Wildman–Crippen MR) is 161 cm³/mol. The number of pyridine rings is 1. The van der Waals surface area contributed by atoms with E-state index in [4.69, 9.17) is 19.9 Å². The standard InChI is InChI=1S/C21H21F5N6O2.C7H13NO.C2H6/c1-9-3-4-28-5-6-29-18-13-17(31-20(32-18)33-2)15(23)16(30-19(13)34-9)11-7-10(27)8-12(22)14(11)21(24,25)26;1-2-7-6-9-5-4-8(7)3-1;1-2/h7-9,28H,3-6,27H2,1-2H3,(H,29,31,32);7H,1-6H2;1-2H3. The Labute approximate surface area is 258 Å². The SMILES string of the molecule is C1CC2COCCN2C1.CC.COc1nc2c3c(nc(-c4cc(N)cc(F)c4C(F)(F)F)c(F)c3n1)OC(C)CCNCCN2. The minimum absolute atomic E-state index is 0.0220. The number of halogens is 5. The molecule has 1 aromatic carbocycles. The van der Waals surface area contributed by atoms with Gasteiger partial charge in [-0.1, -0.05) is 13.8 Å². The average molecular weight is 642 g/mol. The number of anilines is 2. The van der Waals surface area contributed by atoms with Crippen molar-refractivity contribution in [3.63, 3.8) is 0 Å². The largest absolute Gasteiger partial charge is 0.474 e. The fraction of sp³-hybridized carbons (Fsp3) is 0.567. The molecule has 0 saturated carbocycles. The molecule has 2 fully saturated rings. The van der Waals surface area contributed by atoms with E-state index in [2.05, 4.69) is 30.5 Å². The topological polar surface area (TPSA) is 120 Å². The number of rotatable bonds is 2. The van der Waals surface area contributed by atoms with Gasteiger partial charge in [0.05, 0.1) is 26.4 Å². The molecule has 6 rings (SSSR count). The summed E-state index contributed by atoms with van der Waals surface area (Å²) in [5, 5.41) is 6.23. The predicted octanol–water partition coefficient (Wildman–Crippen LogP) is 5.26. The van der Waals surface area contributed by atoms with Crippen molar-refractivity contribution in [2.45, 2.75) is 58.4 Å². The number of nitrogen functional groups attached to an aromatic ring is 1. The molecule has 3 aliphatic rings. The minimum atomic E-state index is -5.15. The molecule has 3 aliphatic heterocycles. The van der Waals surface area contributed by atoms with E-state index >= 15 is 4.39 Å². The van der Waals surface area contributed by atoms with Crippen molar-refractivity contribution in [1.82, 2.24) is 25.2 Å². The lowest BCUT2D eigenvalue weighted by atomic mass is 10.0. The van der Waals surface area contributed by atoms with Crippen LogP contribution in [-0.4, -0.2) is 85.0 Å². The van der Waals surface area contributed by atoms with Crippen LogP contribution < -0.4 is 25.8 Å². The van der Waals surface area contributed by atoms with Crippen molar-refractivity contribution in [2.24, 2.45) is 0 Å². The molecular formula is C30H40F5N7O3. The van der Waals surface area contributed by atoms with E-state index in [0.717, 1.165) is 25.3 Å². The summed E-state index contributed by atoms with van der Waals surface area (Å²) in [6, 6.07) is 1.87. The van der Waals surface area contributed by atoms with E-state index in [1.54, 1.807) is 6.92 Å². The Balaban J connectivity index is 0.000000352. The van der Waals surface area contributed by atoms with Gasteiger partial charge in [-0.05, 0) is 51.4 Å². The highest BCUT2D eigenvalue weighted by Crippen LogP contribution is 2.43. The summed E-state index contributed by atoms with van der Waals surface area (Å²) in [6.45, 7) is 11.7. The number of aromatic nitrogens is 3. The first-order valence-electron chi connectivity index (χ1n) is 15.1. The number of hydrogen-bond donors (Lipinski definition) is 3. The third-order valence-corrected chi connectivity index (χ3v) is 7.53. The van der Waals surface area contributed by atoms with Gasteiger partial charge in [-0.25, -0.2) is 13.8 Å². The maximum Gasteiger partial charge on any atom is 0.419 e. The number of morpholine rings is 1. The molecule has 5 heterocycles. The van der Waals surface area contributed by atoms with Gasteiger partial charge in [-0.2, -0.15) is 23.1 Å². The second-order valence-electron chi connectivity index (χ2n) is 10.6. The summed E-state index contributed by atoms with van der Waals surface area (Å²) < 4.78 is 87.7. The Morgan fingerprint density at radius 3 is 2.53 bits per heavy atom. The quantitative estimate of drug-likeness (QED) is 0.253. The van der Waals surface area contributed by atoms with Crippen molar-refractivity contribution >= 4 is 22.4 Å². The Kier molecular flexibility index (Phi) is 11.6. The van der Waals surface area contributed by atoms with Gasteiger partial charge in [0.25, 0.3) is 0 Å². The normalized spacial score (nSPS) is 20.3. The Bertz CT molecular complexity index is 1450. The minimum Gasteiger partial charge on any atom is -0.474 e. The Hall–Kier alpha value is -3.56. The summed E-state index contributed by atoms with van der Waals surface area (Å²) in [5.41, 5.74) is 1.47. The molecule has 4 N–H and O–H groups in total. The summed E-state index contributed by atoms with van der Waals surface area (Å²) in [4.78, 5) is 14.8. The molecular weight excluding hydrogens is 601 g/mol. The number of benzene rings is 1. The monoisotopic (exact) mass is 641 g/mol. The lowest BCUT2D eigenvalue weighted by Gasteiger charge is -2.28. The number of nitrogens with two attached hydrogens (primary N) is 1. The fourth-order valence-corrected chi connectivity index (χ4v) is 5.43. The van der Waals surface area contributed by atoms with Crippen LogP contribution in [0.4, 0.5) is 33.5 Å². The van der Waals surface area contributed by atoms with Crippen LogP contribution in [0.25, 0.3) is 22.2 Å². The molecule has 0 radical (unpaired) electrons. The molecule has 0 spiro atoms. The smallest absolute Gasteiger partial charge is 0.419 e. The third kappa shape index (κ3) is 8.00. The maximum atomic E-state index is 15.8. The summed E-state index contributed by atoms with van der Waals surface area (Å²) in [6.07, 6.45) is -2.32. The molecule has 0 bridgehead atoms. The van der Waals surface area contributed by atoms with Crippen molar-refractivity contribution in [3.05, 3.63) is 29.3 Å². The molecule has 2 saturated heterocycles. The van der Waals surface area contributed by atoms with Gasteiger partial charge in [0.2, 0.25) is 5.88 Å². The summed E-state index contributed by atoms with van der Waals surface area (Å²) in [7, 11) is 1.26. The molecule has 10 nitrogen and oxygen atoms in total. The summed E-state index contributed by atoms with van der Waals surface area (Å²) in [5.74, 6) is -2.97. The molecule has 3 aromatic rings. The summed E-state index contributed by atoms with van der Waals surface area (Å²) >= 11 is 0. The van der Waals surface area contributed by atoms with Gasteiger partial charge in [-0.3, -0.25) is 4.90 Å². The molecule has 248 valence electrons. The van der Waals surface area contributed by atoms with Crippen molar-refractivity contribution in [2.75, 3.05) is 64.1 Å². The highest BCUT2D eigenvalue weighted by atomic mass is 19.4. The average Bonchev–Trinajstić information content (AvgIpc) is 3.48. The first kappa shape index (κ1) is 34.3. The van der Waals surface area contributed by atoms with E-state index in [1.807, 2.05) is 13.8 Å². The zero-order chi connectivity index (χ0) is 32.7. The highest BCUT2D eigenvalue weighted by molar-refractivity contribution is 5.96. The van der Waals surface area contributed by atoms with E-state index in [-0.39, 0.29) is 28.8 Å². The van der Waals surface area contributed by atoms with Gasteiger partial charge in [-0.15, -0.1) is 0 Å². The van der Waals surface area contributed by atoms with Crippen LogP contribution in [0.2, 0.25) is 0 Å². The van der Waals surface area contributed by atoms with Gasteiger partial charge in [0.1, 0.15) is 33.8 Å². The van der Waals surface area contributed by atoms with Gasteiger partial charge >= 0.3 is 12.2 Å². The van der Waals surface area contributed by atoms with Crippen LogP contribution in [0.3, 0.4) is 0 Å². The van der Waals surface area contributed by atoms with Crippen molar-refractivity contribution < 1.29 is 36.2 Å². The van der Waals surface area contributed by atoms with Crippen LogP contribution >= 0.6 is 0 Å². The lowest BCUT2D eigenvalue weighted by Crippen LogP contribution is -2.40. The first-order chi connectivity index (χ1) is 21.6. The van der Waals surface area contributed by atoms with Gasteiger partial charge in [0, 0.05) is 36.9 Å². The third-order valence-electron chi connectivity index (χ3n) is 7.53. The van der Waals surface area contributed by atoms with Gasteiger partial charge in [0.15, 0.2) is 5.82 Å². The van der Waals surface area contributed by atoms with Crippen LogP contribution in [-0.2, 0) is 10.9 Å². The highest BCUT2D eigenvalue weighted by Gasteiger charge is 2.39. The number of hydrogen-bond acceptors (Lipinski definition) is 10. The molecule has 0 amide bonds. The van der Waals surface area contributed by atoms with E-state index < -0.39 is 46.3 Å². The van der Waals surface area contributed by atoms with E-state index in [1.165, 1.54) is 33.0 Å². The number of nitrogens with zero attached hydrogens (tertiary/aromatic N) is 4. The fourth-order valence-electron chi connectivity index (χ4n) is 5.43. The molecule has 45 heavy (non-hydrogen) atoms. The molecule has 2 aromatic heterocycles. The number of alkyl halides is 3. The van der Waals surface area contributed by atoms with Crippen LogP contribution in [0, 0.1) is 11.6 Å². The zero-order valence-electron chi connectivity index (χ0n) is 25.9. The molecule has 2 unspecified atom stereocenters. The van der Waals surface area contributed by atoms with Crippen molar-refractivity contribution in [3.8, 4) is 23.1 Å². The Morgan fingerprint density at radius 1 is 1.04 bits per heavy atom. The molecule has 2 atom stereocenters. The number of methoxy groups -OCH3 is 1. The maximum absolute atomic E-state index is 15.8. The molecule has 0 aliphatic carbocycles. The second-order valence-corrected chi connectivity index (χ2v) is 10.6. The van der Waals surface area contributed by atoms with Crippen LogP contribution in [0.1, 0.15) is 45.6 Å². The van der Waals surface area contributed by atoms with Gasteiger partial charge < -0.3 is 30.6 Å². The number of nitrogens with one attached hydrogen (secondary N) is 2. The lowest BCUT2D eigenvalue weighted by molar-refractivity contribution is -0.139.